The predicted octanol–water partition coefficient (Wildman–Crippen LogP) is 3.02. The van der Waals surface area contributed by atoms with Crippen LogP contribution in [0.15, 0.2) is 30.5 Å². The number of unbranched alkanes of at least 4 members (excludes halogenated alkanes) is 1. The van der Waals surface area contributed by atoms with Crippen molar-refractivity contribution in [1.29, 1.82) is 0 Å². The molecule has 0 saturated heterocycles. The average molecular weight is 268 g/mol. The Morgan fingerprint density at radius 3 is 3.00 bits per heavy atom. The van der Waals surface area contributed by atoms with E-state index in [-0.39, 0.29) is 5.91 Å². The zero-order valence-corrected chi connectivity index (χ0v) is 11.6. The van der Waals surface area contributed by atoms with E-state index >= 15 is 0 Å². The summed E-state index contributed by atoms with van der Waals surface area (Å²) in [6.45, 7) is 0.677. The molecule has 3 nitrogen and oxygen atoms in total. The lowest BCUT2D eigenvalue weighted by Gasteiger charge is -2.03. The summed E-state index contributed by atoms with van der Waals surface area (Å²) >= 11 is 0. The number of carbonyl (C=O) groups is 1. The molecule has 2 aromatic rings. The molecule has 1 aromatic carbocycles. The van der Waals surface area contributed by atoms with Crippen LogP contribution in [0.5, 0.6) is 0 Å². The molecule has 2 rings (SSSR count). The van der Waals surface area contributed by atoms with Crippen molar-refractivity contribution in [3.8, 4) is 12.3 Å². The highest BCUT2D eigenvalue weighted by atomic mass is 16.1. The Bertz CT molecular complexity index is 607. The summed E-state index contributed by atoms with van der Waals surface area (Å²) < 4.78 is 0. The van der Waals surface area contributed by atoms with Crippen LogP contribution in [0.25, 0.3) is 10.9 Å². The second kappa shape index (κ2) is 7.40. The summed E-state index contributed by atoms with van der Waals surface area (Å²) in [5, 5.41) is 4.14. The van der Waals surface area contributed by atoms with Gasteiger partial charge in [-0.1, -0.05) is 18.2 Å². The van der Waals surface area contributed by atoms with Crippen molar-refractivity contribution in [1.82, 2.24) is 10.3 Å². The Hall–Kier alpha value is -2.21. The SMILES string of the molecule is C#CCCCNC(=O)CCCc1c[nH]c2ccccc12. The van der Waals surface area contributed by atoms with Crippen molar-refractivity contribution in [2.75, 3.05) is 6.54 Å². The molecule has 1 heterocycles. The number of hydrogen-bond acceptors (Lipinski definition) is 1. The van der Waals surface area contributed by atoms with E-state index < -0.39 is 0 Å². The van der Waals surface area contributed by atoms with Gasteiger partial charge in [0.25, 0.3) is 0 Å². The first-order valence-electron chi connectivity index (χ1n) is 7.06. The van der Waals surface area contributed by atoms with Gasteiger partial charge in [-0.05, 0) is 30.9 Å². The number of terminal acetylenes is 1. The molecule has 0 saturated carbocycles. The molecule has 0 aliphatic rings. The van der Waals surface area contributed by atoms with Crippen LogP contribution in [0, 0.1) is 12.3 Å². The van der Waals surface area contributed by atoms with Crippen LogP contribution >= 0.6 is 0 Å². The lowest BCUT2D eigenvalue weighted by molar-refractivity contribution is -0.121. The number of carbonyl (C=O) groups excluding carboxylic acids is 1. The number of para-hydroxylation sites is 1. The summed E-state index contributed by atoms with van der Waals surface area (Å²) in [6.07, 6.45) is 11.1. The molecule has 0 bridgehead atoms. The van der Waals surface area contributed by atoms with Gasteiger partial charge in [-0.2, -0.15) is 0 Å². The van der Waals surface area contributed by atoms with Gasteiger partial charge in [0.15, 0.2) is 0 Å². The highest BCUT2D eigenvalue weighted by Gasteiger charge is 2.05. The molecule has 0 radical (unpaired) electrons. The number of nitrogens with one attached hydrogen (secondary N) is 2. The maximum atomic E-state index is 11.6. The smallest absolute Gasteiger partial charge is 0.220 e. The molecule has 104 valence electrons. The van der Waals surface area contributed by atoms with E-state index in [0.29, 0.717) is 13.0 Å². The van der Waals surface area contributed by atoms with Crippen LogP contribution in [0.4, 0.5) is 0 Å². The van der Waals surface area contributed by atoms with Crippen molar-refractivity contribution >= 4 is 16.8 Å². The van der Waals surface area contributed by atoms with Gasteiger partial charge in [0.05, 0.1) is 0 Å². The van der Waals surface area contributed by atoms with Gasteiger partial charge in [0.1, 0.15) is 0 Å². The topological polar surface area (TPSA) is 44.9 Å². The van der Waals surface area contributed by atoms with Gasteiger partial charge in [0, 0.05) is 36.5 Å². The fourth-order valence-electron chi connectivity index (χ4n) is 2.28. The third kappa shape index (κ3) is 3.89. The maximum Gasteiger partial charge on any atom is 0.220 e. The largest absolute Gasteiger partial charge is 0.361 e. The van der Waals surface area contributed by atoms with Crippen LogP contribution in [-0.4, -0.2) is 17.4 Å². The van der Waals surface area contributed by atoms with Crippen molar-refractivity contribution in [2.45, 2.75) is 32.1 Å². The third-order valence-electron chi connectivity index (χ3n) is 3.34. The monoisotopic (exact) mass is 268 g/mol. The van der Waals surface area contributed by atoms with Crippen molar-refractivity contribution < 1.29 is 4.79 Å². The number of hydrogen-bond donors (Lipinski definition) is 2. The Morgan fingerprint density at radius 2 is 2.15 bits per heavy atom. The summed E-state index contributed by atoms with van der Waals surface area (Å²) in [7, 11) is 0. The Labute approximate surface area is 119 Å². The second-order valence-corrected chi connectivity index (χ2v) is 4.87. The summed E-state index contributed by atoms with van der Waals surface area (Å²) in [4.78, 5) is 14.9. The number of fused-ring (bicyclic) bond motifs is 1. The van der Waals surface area contributed by atoms with E-state index in [4.69, 9.17) is 6.42 Å². The Morgan fingerprint density at radius 1 is 1.30 bits per heavy atom. The van der Waals surface area contributed by atoms with Gasteiger partial charge in [0.2, 0.25) is 5.91 Å². The summed E-state index contributed by atoms with van der Waals surface area (Å²) in [5.74, 6) is 2.68. The van der Waals surface area contributed by atoms with Crippen molar-refractivity contribution in [3.63, 3.8) is 0 Å². The third-order valence-corrected chi connectivity index (χ3v) is 3.34. The molecule has 1 amide bonds. The first-order valence-corrected chi connectivity index (χ1v) is 7.06. The summed E-state index contributed by atoms with van der Waals surface area (Å²) in [6, 6.07) is 8.24. The number of aryl methyl sites for hydroxylation is 1. The quantitative estimate of drug-likeness (QED) is 0.588. The molecule has 0 spiro atoms. The normalized spacial score (nSPS) is 10.3. The van der Waals surface area contributed by atoms with Crippen molar-refractivity contribution in [3.05, 3.63) is 36.0 Å². The minimum absolute atomic E-state index is 0.113. The Kier molecular flexibility index (Phi) is 5.25. The maximum absolute atomic E-state index is 11.6. The molecular formula is C17H20N2O. The first-order chi connectivity index (χ1) is 9.81. The van der Waals surface area contributed by atoms with Crippen LogP contribution in [0.1, 0.15) is 31.2 Å². The van der Waals surface area contributed by atoms with E-state index in [9.17, 15) is 4.79 Å². The van der Waals surface area contributed by atoms with Gasteiger partial charge in [-0.25, -0.2) is 0 Å². The zero-order valence-electron chi connectivity index (χ0n) is 11.6. The van der Waals surface area contributed by atoms with E-state index in [1.54, 1.807) is 0 Å². The summed E-state index contributed by atoms with van der Waals surface area (Å²) in [5.41, 5.74) is 2.43. The second-order valence-electron chi connectivity index (χ2n) is 4.87. The highest BCUT2D eigenvalue weighted by molar-refractivity contribution is 5.83. The fraction of sp³-hybridized carbons (Fsp3) is 0.353. The van der Waals surface area contributed by atoms with Gasteiger partial charge in [-0.15, -0.1) is 12.3 Å². The molecule has 3 heteroatoms. The minimum atomic E-state index is 0.113. The molecule has 0 aliphatic carbocycles. The first kappa shape index (κ1) is 14.2. The fourth-order valence-corrected chi connectivity index (χ4v) is 2.28. The molecule has 20 heavy (non-hydrogen) atoms. The highest BCUT2D eigenvalue weighted by Crippen LogP contribution is 2.19. The number of aromatic nitrogens is 1. The Balaban J connectivity index is 1.73. The van der Waals surface area contributed by atoms with Gasteiger partial charge >= 0.3 is 0 Å². The average Bonchev–Trinajstić information content (AvgIpc) is 2.87. The molecule has 1 aromatic heterocycles. The zero-order chi connectivity index (χ0) is 14.2. The number of benzene rings is 1. The van der Waals surface area contributed by atoms with E-state index in [2.05, 4.69) is 28.4 Å². The molecular weight excluding hydrogens is 248 g/mol. The van der Waals surface area contributed by atoms with E-state index in [1.165, 1.54) is 10.9 Å². The standard InChI is InChI=1S/C17H20N2O/c1-2-3-6-12-18-17(20)11-7-8-14-13-19-16-10-5-4-9-15(14)16/h1,4-5,9-10,13,19H,3,6-8,11-12H2,(H,18,20). The number of H-pyrrole nitrogens is 1. The minimum Gasteiger partial charge on any atom is -0.361 e. The van der Waals surface area contributed by atoms with Gasteiger partial charge in [-0.3, -0.25) is 4.79 Å². The van der Waals surface area contributed by atoms with Crippen molar-refractivity contribution in [2.24, 2.45) is 0 Å². The van der Waals surface area contributed by atoms with Crippen LogP contribution in [-0.2, 0) is 11.2 Å². The van der Waals surface area contributed by atoms with Crippen LogP contribution < -0.4 is 5.32 Å². The molecule has 0 aliphatic heterocycles. The lowest BCUT2D eigenvalue weighted by atomic mass is 10.1. The van der Waals surface area contributed by atoms with Crippen LogP contribution in [0.3, 0.4) is 0 Å². The van der Waals surface area contributed by atoms with E-state index in [0.717, 1.165) is 31.2 Å². The number of amides is 1. The number of rotatable bonds is 7. The lowest BCUT2D eigenvalue weighted by Crippen LogP contribution is -2.24. The van der Waals surface area contributed by atoms with Gasteiger partial charge < -0.3 is 10.3 Å². The predicted molar refractivity (Wildman–Crippen MR) is 82.3 cm³/mol. The van der Waals surface area contributed by atoms with Crippen LogP contribution in [0.2, 0.25) is 0 Å². The number of aromatic amines is 1. The van der Waals surface area contributed by atoms with E-state index in [1.807, 2.05) is 18.3 Å². The molecule has 0 fully saturated rings. The molecule has 2 N–H and O–H groups in total. The molecule has 0 unspecified atom stereocenters. The molecule has 0 atom stereocenters.